The lowest BCUT2D eigenvalue weighted by Crippen LogP contribution is -2.52. The number of carbonyl (C=O) groups is 2. The molecule has 1 aliphatic rings. The quantitative estimate of drug-likeness (QED) is 0.732. The Labute approximate surface area is 175 Å². The summed E-state index contributed by atoms with van der Waals surface area (Å²) in [5, 5.41) is 10.3. The summed E-state index contributed by atoms with van der Waals surface area (Å²) in [6, 6.07) is 16.0. The van der Waals surface area contributed by atoms with E-state index in [1.165, 1.54) is 0 Å². The molecule has 1 heterocycles. The van der Waals surface area contributed by atoms with Crippen molar-refractivity contribution < 1.29 is 14.4 Å². The van der Waals surface area contributed by atoms with Gasteiger partial charge in [0, 0.05) is 23.9 Å². The normalized spacial score (nSPS) is 16.7. The first-order valence-corrected chi connectivity index (χ1v) is 9.93. The lowest BCUT2D eigenvalue weighted by atomic mass is 10.0. The highest BCUT2D eigenvalue weighted by Gasteiger charge is 2.32. The van der Waals surface area contributed by atoms with Gasteiger partial charge in [-0.25, -0.2) is 0 Å². The SMILES string of the molecule is CC(C)NC(=O)C(Cc1ccccc1)NC(=O)C1CC(c2ccc(Cl)cc2)=NO1. The smallest absolute Gasteiger partial charge is 0.265 e. The standard InChI is InChI=1S/C22H24ClN3O3/c1-14(2)24-21(27)19(12-15-6-4-3-5-7-15)25-22(28)20-13-18(26-29-20)16-8-10-17(23)11-9-16/h3-11,14,19-20H,12-13H2,1-2H3,(H,24,27)(H,25,28). The molecule has 2 aromatic rings. The van der Waals surface area contributed by atoms with Crippen molar-refractivity contribution in [2.24, 2.45) is 5.16 Å². The van der Waals surface area contributed by atoms with Crippen LogP contribution in [-0.4, -0.2) is 35.7 Å². The van der Waals surface area contributed by atoms with Gasteiger partial charge in [-0.2, -0.15) is 0 Å². The van der Waals surface area contributed by atoms with Crippen LogP contribution in [0.2, 0.25) is 5.02 Å². The molecule has 0 radical (unpaired) electrons. The predicted octanol–water partition coefficient (Wildman–Crippen LogP) is 3.09. The number of benzene rings is 2. The number of hydrogen-bond acceptors (Lipinski definition) is 4. The molecule has 2 amide bonds. The molecule has 0 aliphatic carbocycles. The van der Waals surface area contributed by atoms with Crippen LogP contribution in [0.5, 0.6) is 0 Å². The zero-order chi connectivity index (χ0) is 20.8. The van der Waals surface area contributed by atoms with Gasteiger partial charge in [0.25, 0.3) is 5.91 Å². The van der Waals surface area contributed by atoms with Crippen molar-refractivity contribution in [2.45, 2.75) is 44.9 Å². The fraction of sp³-hybridized carbons (Fsp3) is 0.318. The van der Waals surface area contributed by atoms with Crippen LogP contribution < -0.4 is 10.6 Å². The maximum atomic E-state index is 12.8. The zero-order valence-electron chi connectivity index (χ0n) is 16.4. The first kappa shape index (κ1) is 20.9. The van der Waals surface area contributed by atoms with Crippen LogP contribution in [0.1, 0.15) is 31.4 Å². The van der Waals surface area contributed by atoms with Gasteiger partial charge in [-0.1, -0.05) is 59.2 Å². The minimum absolute atomic E-state index is 0.0275. The monoisotopic (exact) mass is 413 g/mol. The van der Waals surface area contributed by atoms with E-state index in [0.29, 0.717) is 23.6 Å². The highest BCUT2D eigenvalue weighted by molar-refractivity contribution is 6.30. The molecule has 152 valence electrons. The van der Waals surface area contributed by atoms with Crippen molar-refractivity contribution in [2.75, 3.05) is 0 Å². The van der Waals surface area contributed by atoms with E-state index in [-0.39, 0.29) is 17.9 Å². The van der Waals surface area contributed by atoms with Gasteiger partial charge in [0.1, 0.15) is 6.04 Å². The van der Waals surface area contributed by atoms with Gasteiger partial charge in [0.15, 0.2) is 0 Å². The molecule has 2 aromatic carbocycles. The van der Waals surface area contributed by atoms with Gasteiger partial charge in [-0.15, -0.1) is 0 Å². The van der Waals surface area contributed by atoms with Gasteiger partial charge in [-0.3, -0.25) is 9.59 Å². The average Bonchev–Trinajstić information content (AvgIpc) is 3.18. The third-order valence-electron chi connectivity index (χ3n) is 4.49. The van der Waals surface area contributed by atoms with Crippen LogP contribution in [0.25, 0.3) is 0 Å². The molecule has 0 saturated heterocycles. The molecule has 2 atom stereocenters. The number of carbonyl (C=O) groups excluding carboxylic acids is 2. The van der Waals surface area contributed by atoms with Gasteiger partial charge >= 0.3 is 0 Å². The number of amides is 2. The number of oxime groups is 1. The molecule has 3 rings (SSSR count). The average molecular weight is 414 g/mol. The van der Waals surface area contributed by atoms with Crippen LogP contribution in [0, 0.1) is 0 Å². The largest absolute Gasteiger partial charge is 0.382 e. The molecule has 0 aromatic heterocycles. The second-order valence-electron chi connectivity index (χ2n) is 7.26. The first-order chi connectivity index (χ1) is 13.9. The van der Waals surface area contributed by atoms with E-state index < -0.39 is 12.1 Å². The summed E-state index contributed by atoms with van der Waals surface area (Å²) in [5.41, 5.74) is 2.48. The lowest BCUT2D eigenvalue weighted by molar-refractivity contribution is -0.135. The van der Waals surface area contributed by atoms with E-state index in [1.807, 2.05) is 56.3 Å². The van der Waals surface area contributed by atoms with Gasteiger partial charge in [-0.05, 0) is 37.1 Å². The molecule has 7 heteroatoms. The summed E-state index contributed by atoms with van der Waals surface area (Å²) in [6.45, 7) is 3.76. The van der Waals surface area contributed by atoms with Crippen molar-refractivity contribution in [1.29, 1.82) is 0 Å². The lowest BCUT2D eigenvalue weighted by Gasteiger charge is -2.21. The van der Waals surface area contributed by atoms with Crippen molar-refractivity contribution in [3.8, 4) is 0 Å². The van der Waals surface area contributed by atoms with E-state index in [9.17, 15) is 9.59 Å². The molecule has 2 unspecified atom stereocenters. The minimum Gasteiger partial charge on any atom is -0.382 e. The van der Waals surface area contributed by atoms with Gasteiger partial charge < -0.3 is 15.5 Å². The maximum Gasteiger partial charge on any atom is 0.265 e. The number of nitrogens with one attached hydrogen (secondary N) is 2. The minimum atomic E-state index is -0.772. The predicted molar refractivity (Wildman–Crippen MR) is 113 cm³/mol. The molecule has 1 aliphatic heterocycles. The third kappa shape index (κ3) is 5.81. The van der Waals surface area contributed by atoms with Crippen molar-refractivity contribution in [3.05, 3.63) is 70.7 Å². The third-order valence-corrected chi connectivity index (χ3v) is 4.74. The molecule has 29 heavy (non-hydrogen) atoms. The van der Waals surface area contributed by atoms with Crippen LogP contribution in [0.15, 0.2) is 59.8 Å². The number of hydrogen-bond donors (Lipinski definition) is 2. The summed E-state index contributed by atoms with van der Waals surface area (Å²) in [6.07, 6.45) is -0.0501. The Morgan fingerprint density at radius 3 is 2.45 bits per heavy atom. The van der Waals surface area contributed by atoms with Crippen LogP contribution in [-0.2, 0) is 20.8 Å². The second kappa shape index (κ2) is 9.56. The van der Waals surface area contributed by atoms with Gasteiger partial charge in [0.2, 0.25) is 12.0 Å². The highest BCUT2D eigenvalue weighted by Crippen LogP contribution is 2.19. The Bertz CT molecular complexity index is 882. The van der Waals surface area contributed by atoms with Crippen LogP contribution >= 0.6 is 11.6 Å². The molecule has 0 saturated carbocycles. The van der Waals surface area contributed by atoms with E-state index in [4.69, 9.17) is 16.4 Å². The summed E-state index contributed by atoms with van der Waals surface area (Å²) < 4.78 is 0. The Kier molecular flexibility index (Phi) is 6.88. The Morgan fingerprint density at radius 1 is 1.10 bits per heavy atom. The van der Waals surface area contributed by atoms with Crippen LogP contribution in [0.3, 0.4) is 0 Å². The molecule has 0 spiro atoms. The number of halogens is 1. The summed E-state index contributed by atoms with van der Waals surface area (Å²) in [4.78, 5) is 30.7. The van der Waals surface area contributed by atoms with Crippen molar-refractivity contribution in [1.82, 2.24) is 10.6 Å². The van der Waals surface area contributed by atoms with Crippen molar-refractivity contribution in [3.63, 3.8) is 0 Å². The van der Waals surface area contributed by atoms with E-state index in [1.54, 1.807) is 12.1 Å². The summed E-state index contributed by atoms with van der Waals surface area (Å²) in [7, 11) is 0. The van der Waals surface area contributed by atoms with E-state index >= 15 is 0 Å². The molecular weight excluding hydrogens is 390 g/mol. The fourth-order valence-electron chi connectivity index (χ4n) is 3.04. The Morgan fingerprint density at radius 2 is 1.79 bits per heavy atom. The zero-order valence-corrected chi connectivity index (χ0v) is 17.1. The van der Waals surface area contributed by atoms with Crippen LogP contribution in [0.4, 0.5) is 0 Å². The van der Waals surface area contributed by atoms with Gasteiger partial charge in [0.05, 0.1) is 5.71 Å². The van der Waals surface area contributed by atoms with E-state index in [0.717, 1.165) is 11.1 Å². The second-order valence-corrected chi connectivity index (χ2v) is 7.69. The molecule has 2 N–H and O–H groups in total. The topological polar surface area (TPSA) is 79.8 Å². The first-order valence-electron chi connectivity index (χ1n) is 9.55. The molecule has 0 bridgehead atoms. The molecule has 6 nitrogen and oxygen atoms in total. The Balaban J connectivity index is 1.65. The Hall–Kier alpha value is -2.86. The fourth-order valence-corrected chi connectivity index (χ4v) is 3.17. The highest BCUT2D eigenvalue weighted by atomic mass is 35.5. The number of nitrogens with zero attached hydrogens (tertiary/aromatic N) is 1. The molecule has 0 fully saturated rings. The summed E-state index contributed by atoms with van der Waals surface area (Å²) in [5.74, 6) is -0.591. The number of rotatable bonds is 7. The van der Waals surface area contributed by atoms with E-state index in [2.05, 4.69) is 15.8 Å². The molecular formula is C22H24ClN3O3. The maximum absolute atomic E-state index is 12.8. The van der Waals surface area contributed by atoms with Crippen molar-refractivity contribution >= 4 is 29.1 Å². The summed E-state index contributed by atoms with van der Waals surface area (Å²) >= 11 is 5.91.